The van der Waals surface area contributed by atoms with E-state index in [9.17, 15) is 4.79 Å². The maximum atomic E-state index is 11.7. The lowest BCUT2D eigenvalue weighted by molar-refractivity contribution is -0.119. The monoisotopic (exact) mass is 228 g/mol. The van der Waals surface area contributed by atoms with Crippen molar-refractivity contribution in [2.75, 3.05) is 18.0 Å². The molecule has 1 amide bonds. The largest absolute Gasteiger partial charge is 0.359 e. The Kier molecular flexibility index (Phi) is 3.34. The summed E-state index contributed by atoms with van der Waals surface area (Å²) in [4.78, 5) is 13.8. The van der Waals surface area contributed by atoms with Gasteiger partial charge >= 0.3 is 0 Å². The number of amides is 1. The van der Waals surface area contributed by atoms with Gasteiger partial charge in [0.1, 0.15) is 0 Å². The van der Waals surface area contributed by atoms with Gasteiger partial charge in [0.25, 0.3) is 0 Å². The number of hydrogen-bond donors (Lipinski definition) is 1. The molecule has 0 spiro atoms. The van der Waals surface area contributed by atoms with E-state index in [4.69, 9.17) is 6.42 Å². The Balaban J connectivity index is 2.07. The van der Waals surface area contributed by atoms with Gasteiger partial charge in [0.15, 0.2) is 0 Å². The Morgan fingerprint density at radius 3 is 3.12 bits per heavy atom. The van der Waals surface area contributed by atoms with E-state index in [1.165, 1.54) is 5.56 Å². The normalized spacial score (nSPS) is 17.4. The molecule has 0 saturated carbocycles. The van der Waals surface area contributed by atoms with Crippen LogP contribution < -0.4 is 10.2 Å². The average Bonchev–Trinajstić information content (AvgIpc) is 2.64. The van der Waals surface area contributed by atoms with Gasteiger partial charge in [-0.1, -0.05) is 24.1 Å². The highest BCUT2D eigenvalue weighted by atomic mass is 16.2. The van der Waals surface area contributed by atoms with Crippen LogP contribution in [-0.4, -0.2) is 25.0 Å². The van der Waals surface area contributed by atoms with Crippen LogP contribution in [0.25, 0.3) is 0 Å². The maximum absolute atomic E-state index is 11.7. The van der Waals surface area contributed by atoms with Crippen molar-refractivity contribution < 1.29 is 4.79 Å². The number of nitrogens with zero attached hydrogens (tertiary/aromatic N) is 1. The van der Waals surface area contributed by atoms with Crippen LogP contribution in [0.1, 0.15) is 12.5 Å². The second kappa shape index (κ2) is 4.92. The number of hydrogen-bond acceptors (Lipinski definition) is 2. The molecule has 88 valence electrons. The third-order valence-corrected chi connectivity index (χ3v) is 3.05. The van der Waals surface area contributed by atoms with Gasteiger partial charge in [0.2, 0.25) is 5.91 Å². The summed E-state index contributed by atoms with van der Waals surface area (Å²) in [5.74, 6) is 2.38. The van der Waals surface area contributed by atoms with E-state index in [1.807, 2.05) is 12.1 Å². The smallest absolute Gasteiger partial charge is 0.240 e. The molecule has 0 bridgehead atoms. The zero-order chi connectivity index (χ0) is 12.3. The van der Waals surface area contributed by atoms with E-state index in [2.05, 4.69) is 35.2 Å². The molecule has 1 aromatic rings. The first-order valence-corrected chi connectivity index (χ1v) is 5.77. The van der Waals surface area contributed by atoms with Gasteiger partial charge in [0, 0.05) is 11.7 Å². The maximum Gasteiger partial charge on any atom is 0.240 e. The van der Waals surface area contributed by atoms with Crippen molar-refractivity contribution in [2.45, 2.75) is 19.4 Å². The molecular formula is C14H16N2O. The molecule has 1 aliphatic rings. The van der Waals surface area contributed by atoms with Gasteiger partial charge in [-0.05, 0) is 25.0 Å². The summed E-state index contributed by atoms with van der Waals surface area (Å²) in [6.45, 7) is 2.80. The van der Waals surface area contributed by atoms with Crippen LogP contribution in [0.2, 0.25) is 0 Å². The van der Waals surface area contributed by atoms with Gasteiger partial charge < -0.3 is 10.2 Å². The molecule has 3 heteroatoms. The summed E-state index contributed by atoms with van der Waals surface area (Å²) in [5, 5.41) is 2.69. The van der Waals surface area contributed by atoms with Crippen molar-refractivity contribution in [1.29, 1.82) is 0 Å². The number of carbonyl (C=O) groups is 1. The summed E-state index contributed by atoms with van der Waals surface area (Å²) in [6.07, 6.45) is 6.11. The van der Waals surface area contributed by atoms with Gasteiger partial charge in [0.05, 0.1) is 13.1 Å². The van der Waals surface area contributed by atoms with E-state index >= 15 is 0 Å². The first kappa shape index (κ1) is 11.5. The van der Waals surface area contributed by atoms with Crippen LogP contribution in [0.3, 0.4) is 0 Å². The molecule has 0 aromatic heterocycles. The van der Waals surface area contributed by atoms with Crippen LogP contribution in [0.15, 0.2) is 24.3 Å². The molecule has 0 aliphatic carbocycles. The van der Waals surface area contributed by atoms with Crippen LogP contribution in [0, 0.1) is 12.3 Å². The average molecular weight is 228 g/mol. The fraction of sp³-hybridized carbons (Fsp3) is 0.357. The Morgan fingerprint density at radius 1 is 1.59 bits per heavy atom. The Labute approximate surface area is 102 Å². The highest BCUT2D eigenvalue weighted by Gasteiger charge is 2.26. The number of terminal acetylenes is 1. The zero-order valence-corrected chi connectivity index (χ0v) is 9.94. The molecule has 0 saturated heterocycles. The number of rotatable bonds is 3. The van der Waals surface area contributed by atoms with Crippen LogP contribution in [-0.2, 0) is 11.2 Å². The number of benzene rings is 1. The lowest BCUT2D eigenvalue weighted by Gasteiger charge is -2.23. The fourth-order valence-corrected chi connectivity index (χ4v) is 2.23. The van der Waals surface area contributed by atoms with Gasteiger partial charge in [-0.2, -0.15) is 0 Å². The molecule has 17 heavy (non-hydrogen) atoms. The van der Waals surface area contributed by atoms with E-state index < -0.39 is 0 Å². The molecule has 1 unspecified atom stereocenters. The van der Waals surface area contributed by atoms with Gasteiger partial charge in [-0.25, -0.2) is 0 Å². The predicted molar refractivity (Wildman–Crippen MR) is 68.8 cm³/mol. The third-order valence-electron chi connectivity index (χ3n) is 3.05. The minimum atomic E-state index is -0.0218. The Hall–Kier alpha value is -1.95. The topological polar surface area (TPSA) is 32.3 Å². The fourth-order valence-electron chi connectivity index (χ4n) is 2.23. The molecule has 1 N–H and O–H groups in total. The van der Waals surface area contributed by atoms with Crippen molar-refractivity contribution in [2.24, 2.45) is 0 Å². The minimum absolute atomic E-state index is 0.0218. The molecule has 1 aromatic carbocycles. The number of fused-ring (bicyclic) bond motifs is 1. The van der Waals surface area contributed by atoms with Crippen molar-refractivity contribution in [3.63, 3.8) is 0 Å². The third kappa shape index (κ3) is 2.42. The SMILES string of the molecule is C#CCNC(=O)CN1c2ccccc2CC1C. The number of anilines is 1. The van der Waals surface area contributed by atoms with Crippen molar-refractivity contribution >= 4 is 11.6 Å². The standard InChI is InChI=1S/C14H16N2O/c1-3-8-15-14(17)10-16-11(2)9-12-6-4-5-7-13(12)16/h1,4-7,11H,8-10H2,2H3,(H,15,17). The molecule has 0 radical (unpaired) electrons. The second-order valence-corrected chi connectivity index (χ2v) is 4.29. The van der Waals surface area contributed by atoms with Crippen LogP contribution in [0.5, 0.6) is 0 Å². The lowest BCUT2D eigenvalue weighted by Crippen LogP contribution is -2.40. The Morgan fingerprint density at radius 2 is 2.35 bits per heavy atom. The summed E-state index contributed by atoms with van der Waals surface area (Å²) >= 11 is 0. The predicted octanol–water partition coefficient (Wildman–Crippen LogP) is 1.19. The van der Waals surface area contributed by atoms with E-state index in [0.29, 0.717) is 19.1 Å². The summed E-state index contributed by atoms with van der Waals surface area (Å²) < 4.78 is 0. The minimum Gasteiger partial charge on any atom is -0.359 e. The van der Waals surface area contributed by atoms with E-state index in [1.54, 1.807) is 0 Å². The van der Waals surface area contributed by atoms with E-state index in [-0.39, 0.29) is 5.91 Å². The lowest BCUT2D eigenvalue weighted by atomic mass is 10.1. The molecule has 1 heterocycles. The van der Waals surface area contributed by atoms with Crippen LogP contribution >= 0.6 is 0 Å². The van der Waals surface area contributed by atoms with Crippen molar-refractivity contribution in [3.8, 4) is 12.3 Å². The van der Waals surface area contributed by atoms with Crippen LogP contribution in [0.4, 0.5) is 5.69 Å². The molecule has 3 nitrogen and oxygen atoms in total. The van der Waals surface area contributed by atoms with Crippen molar-refractivity contribution in [3.05, 3.63) is 29.8 Å². The molecule has 2 rings (SSSR count). The summed E-state index contributed by atoms with van der Waals surface area (Å²) in [6, 6.07) is 8.58. The zero-order valence-electron chi connectivity index (χ0n) is 9.94. The van der Waals surface area contributed by atoms with Gasteiger partial charge in [-0.3, -0.25) is 4.79 Å². The number of carbonyl (C=O) groups excluding carboxylic acids is 1. The number of nitrogens with one attached hydrogen (secondary N) is 1. The molecular weight excluding hydrogens is 212 g/mol. The summed E-state index contributed by atoms with van der Waals surface area (Å²) in [7, 11) is 0. The molecule has 0 fully saturated rings. The van der Waals surface area contributed by atoms with E-state index in [0.717, 1.165) is 12.1 Å². The van der Waals surface area contributed by atoms with Crippen molar-refractivity contribution in [1.82, 2.24) is 5.32 Å². The molecule has 1 aliphatic heterocycles. The first-order chi connectivity index (χ1) is 8.22. The quantitative estimate of drug-likeness (QED) is 0.788. The van der Waals surface area contributed by atoms with Gasteiger partial charge in [-0.15, -0.1) is 6.42 Å². The molecule has 1 atom stereocenters. The summed E-state index contributed by atoms with van der Waals surface area (Å²) in [5.41, 5.74) is 2.47. The number of para-hydroxylation sites is 1. The second-order valence-electron chi connectivity index (χ2n) is 4.29. The first-order valence-electron chi connectivity index (χ1n) is 5.77. The highest BCUT2D eigenvalue weighted by Crippen LogP contribution is 2.31. The Bertz CT molecular complexity index is 462. The highest BCUT2D eigenvalue weighted by molar-refractivity contribution is 5.82.